The van der Waals surface area contributed by atoms with Gasteiger partial charge in [-0.25, -0.2) is 13.1 Å². The zero-order valence-electron chi connectivity index (χ0n) is 13.5. The van der Waals surface area contributed by atoms with Crippen LogP contribution in [0.1, 0.15) is 30.9 Å². The number of sulfonamides is 1. The number of alkyl halides is 3. The van der Waals surface area contributed by atoms with E-state index in [2.05, 4.69) is 10.0 Å². The second-order valence-electron chi connectivity index (χ2n) is 6.39. The van der Waals surface area contributed by atoms with E-state index in [1.807, 2.05) is 6.92 Å². The number of hydrogen-bond acceptors (Lipinski definition) is 3. The van der Waals surface area contributed by atoms with Crippen LogP contribution in [0.25, 0.3) is 0 Å². The fraction of sp³-hybridized carbons (Fsp3) is 0.600. The van der Waals surface area contributed by atoms with Gasteiger partial charge in [0.1, 0.15) is 0 Å². The molecule has 1 unspecified atom stereocenters. The van der Waals surface area contributed by atoms with Crippen molar-refractivity contribution in [2.75, 3.05) is 19.6 Å². The topological polar surface area (TPSA) is 58.2 Å². The summed E-state index contributed by atoms with van der Waals surface area (Å²) in [4.78, 5) is -0.113. The molecular weight excluding hydrogens is 365 g/mol. The average molecular weight is 387 g/mol. The average Bonchev–Trinajstić information content (AvgIpc) is 2.45. The van der Waals surface area contributed by atoms with Gasteiger partial charge in [-0.05, 0) is 55.5 Å². The number of aryl methyl sites for hydroxylation is 1. The zero-order valence-corrected chi connectivity index (χ0v) is 15.2. The van der Waals surface area contributed by atoms with E-state index in [4.69, 9.17) is 0 Å². The molecule has 2 rings (SSSR count). The maximum absolute atomic E-state index is 12.7. The summed E-state index contributed by atoms with van der Waals surface area (Å²) in [6.07, 6.45) is -2.62. The first-order valence-electron chi connectivity index (χ1n) is 7.42. The van der Waals surface area contributed by atoms with E-state index in [9.17, 15) is 21.6 Å². The molecule has 0 saturated carbocycles. The molecular formula is C15H22ClF3N2O2S. The van der Waals surface area contributed by atoms with E-state index in [-0.39, 0.29) is 34.8 Å². The quantitative estimate of drug-likeness (QED) is 0.836. The zero-order chi connectivity index (χ0) is 17.3. The van der Waals surface area contributed by atoms with E-state index in [0.717, 1.165) is 37.6 Å². The van der Waals surface area contributed by atoms with Gasteiger partial charge in [0.2, 0.25) is 10.0 Å². The van der Waals surface area contributed by atoms with Gasteiger partial charge in [0, 0.05) is 13.1 Å². The molecule has 0 amide bonds. The highest BCUT2D eigenvalue weighted by molar-refractivity contribution is 7.89. The van der Waals surface area contributed by atoms with Gasteiger partial charge in [0.25, 0.3) is 0 Å². The Kier molecular flexibility index (Phi) is 6.71. The minimum atomic E-state index is -4.48. The van der Waals surface area contributed by atoms with Crippen LogP contribution < -0.4 is 10.0 Å². The first kappa shape index (κ1) is 21.2. The van der Waals surface area contributed by atoms with Crippen LogP contribution in [0.15, 0.2) is 23.1 Å². The highest BCUT2D eigenvalue weighted by atomic mass is 35.5. The largest absolute Gasteiger partial charge is 0.416 e. The summed E-state index contributed by atoms with van der Waals surface area (Å²) < 4.78 is 65.3. The summed E-state index contributed by atoms with van der Waals surface area (Å²) in [5.74, 6) is 0. The van der Waals surface area contributed by atoms with Gasteiger partial charge in [-0.1, -0.05) is 6.92 Å². The predicted octanol–water partition coefficient (Wildman–Crippen LogP) is 3.10. The van der Waals surface area contributed by atoms with Crippen molar-refractivity contribution < 1.29 is 21.6 Å². The van der Waals surface area contributed by atoms with Crippen LogP contribution in [0.2, 0.25) is 0 Å². The Morgan fingerprint density at radius 3 is 2.50 bits per heavy atom. The molecule has 4 nitrogen and oxygen atoms in total. The Morgan fingerprint density at radius 1 is 1.33 bits per heavy atom. The van der Waals surface area contributed by atoms with Crippen LogP contribution in [-0.2, 0) is 16.2 Å². The molecule has 0 aromatic heterocycles. The Morgan fingerprint density at radius 2 is 2.00 bits per heavy atom. The van der Waals surface area contributed by atoms with Gasteiger partial charge in [-0.3, -0.25) is 0 Å². The molecule has 1 heterocycles. The molecule has 1 aromatic carbocycles. The SMILES string of the molecule is Cc1cc(C(F)(F)F)ccc1S(=O)(=O)NCC1(C)CCCNC1.Cl. The molecule has 0 spiro atoms. The van der Waals surface area contributed by atoms with Crippen molar-refractivity contribution in [1.29, 1.82) is 0 Å². The van der Waals surface area contributed by atoms with E-state index in [1.54, 1.807) is 0 Å². The molecule has 0 bridgehead atoms. The maximum atomic E-state index is 12.7. The minimum Gasteiger partial charge on any atom is -0.316 e. The summed E-state index contributed by atoms with van der Waals surface area (Å²) in [5, 5.41) is 3.23. The van der Waals surface area contributed by atoms with Crippen molar-refractivity contribution in [2.24, 2.45) is 5.41 Å². The van der Waals surface area contributed by atoms with E-state index >= 15 is 0 Å². The first-order chi connectivity index (χ1) is 10.5. The van der Waals surface area contributed by atoms with Crippen molar-refractivity contribution >= 4 is 22.4 Å². The number of piperidine rings is 1. The predicted molar refractivity (Wildman–Crippen MR) is 88.8 cm³/mol. The van der Waals surface area contributed by atoms with Crippen molar-refractivity contribution in [1.82, 2.24) is 10.0 Å². The van der Waals surface area contributed by atoms with E-state index in [0.29, 0.717) is 6.54 Å². The summed E-state index contributed by atoms with van der Waals surface area (Å²) in [6, 6.07) is 2.67. The van der Waals surface area contributed by atoms with Crippen LogP contribution in [0.4, 0.5) is 13.2 Å². The Labute approximate surface area is 146 Å². The third kappa shape index (κ3) is 5.08. The lowest BCUT2D eigenvalue weighted by Crippen LogP contribution is -2.45. The number of nitrogens with one attached hydrogen (secondary N) is 2. The lowest BCUT2D eigenvalue weighted by Gasteiger charge is -2.34. The normalized spacial score (nSPS) is 22.0. The molecule has 0 radical (unpaired) electrons. The molecule has 24 heavy (non-hydrogen) atoms. The lowest BCUT2D eigenvalue weighted by molar-refractivity contribution is -0.137. The molecule has 0 aliphatic carbocycles. The smallest absolute Gasteiger partial charge is 0.316 e. The third-order valence-corrected chi connectivity index (χ3v) is 5.73. The molecule has 9 heteroatoms. The van der Waals surface area contributed by atoms with Crippen LogP contribution in [0.5, 0.6) is 0 Å². The Bertz CT molecular complexity index is 672. The van der Waals surface area contributed by atoms with E-state index < -0.39 is 21.8 Å². The summed E-state index contributed by atoms with van der Waals surface area (Å²) in [6.45, 7) is 5.24. The van der Waals surface area contributed by atoms with Crippen molar-refractivity contribution in [3.05, 3.63) is 29.3 Å². The second-order valence-corrected chi connectivity index (χ2v) is 8.13. The lowest BCUT2D eigenvalue weighted by atomic mass is 9.83. The van der Waals surface area contributed by atoms with Crippen LogP contribution in [0.3, 0.4) is 0 Å². The highest BCUT2D eigenvalue weighted by Crippen LogP contribution is 2.31. The van der Waals surface area contributed by atoms with Crippen LogP contribution in [0, 0.1) is 12.3 Å². The molecule has 1 saturated heterocycles. The molecule has 1 fully saturated rings. The molecule has 138 valence electrons. The van der Waals surface area contributed by atoms with Gasteiger partial charge in [0.15, 0.2) is 0 Å². The van der Waals surface area contributed by atoms with Crippen molar-refractivity contribution in [3.8, 4) is 0 Å². The molecule has 1 aliphatic heterocycles. The van der Waals surface area contributed by atoms with Crippen LogP contribution >= 0.6 is 12.4 Å². The standard InChI is InChI=1S/C15H21F3N2O2S.ClH/c1-11-8-12(15(16,17)18)4-5-13(11)23(21,22)20-10-14(2)6-3-7-19-9-14;/h4-5,8,19-20H,3,6-7,9-10H2,1-2H3;1H. The molecule has 2 N–H and O–H groups in total. The van der Waals surface area contributed by atoms with Crippen molar-refractivity contribution in [3.63, 3.8) is 0 Å². The number of rotatable bonds is 4. The third-order valence-electron chi connectivity index (χ3n) is 4.17. The molecule has 1 atom stereocenters. The summed E-state index contributed by atoms with van der Waals surface area (Å²) >= 11 is 0. The van der Waals surface area contributed by atoms with Crippen molar-refractivity contribution in [2.45, 2.75) is 37.8 Å². The van der Waals surface area contributed by atoms with Gasteiger partial charge < -0.3 is 5.32 Å². The number of hydrogen-bond donors (Lipinski definition) is 2. The van der Waals surface area contributed by atoms with Gasteiger partial charge in [0.05, 0.1) is 10.5 Å². The summed E-state index contributed by atoms with van der Waals surface area (Å²) in [7, 11) is -3.84. The monoisotopic (exact) mass is 386 g/mol. The number of benzene rings is 1. The Hall–Kier alpha value is -0.830. The Balaban J connectivity index is 0.00000288. The fourth-order valence-electron chi connectivity index (χ4n) is 2.74. The minimum absolute atomic E-state index is 0. The fourth-order valence-corrected chi connectivity index (χ4v) is 4.17. The van der Waals surface area contributed by atoms with Gasteiger partial charge in [-0.15, -0.1) is 12.4 Å². The second kappa shape index (κ2) is 7.59. The van der Waals surface area contributed by atoms with Gasteiger partial charge in [-0.2, -0.15) is 13.2 Å². The van der Waals surface area contributed by atoms with E-state index in [1.165, 1.54) is 6.92 Å². The molecule has 1 aliphatic rings. The highest BCUT2D eigenvalue weighted by Gasteiger charge is 2.32. The summed E-state index contributed by atoms with van der Waals surface area (Å²) in [5.41, 5.74) is -0.956. The van der Waals surface area contributed by atoms with Gasteiger partial charge >= 0.3 is 6.18 Å². The maximum Gasteiger partial charge on any atom is 0.416 e. The first-order valence-corrected chi connectivity index (χ1v) is 8.90. The van der Waals surface area contributed by atoms with Crippen LogP contribution in [-0.4, -0.2) is 28.1 Å². The number of halogens is 4. The molecule has 1 aromatic rings.